The minimum Gasteiger partial charge on any atom is -0.460 e. The van der Waals surface area contributed by atoms with Crippen molar-refractivity contribution in [2.45, 2.75) is 180 Å². The lowest BCUT2D eigenvalue weighted by Gasteiger charge is -2.42. The Labute approximate surface area is 408 Å². The first-order chi connectivity index (χ1) is 32.8. The van der Waals surface area contributed by atoms with Crippen LogP contribution in [0.4, 0.5) is 0 Å². The second-order valence-corrected chi connectivity index (χ2v) is 20.4. The van der Waals surface area contributed by atoms with Crippen LogP contribution in [-0.2, 0) is 47.7 Å². The molecular formula is C52H79N5O12. The number of aliphatic hydroxyl groups excluding tert-OH is 1. The molecule has 14 unspecified atom stereocenters. The molecule has 1 aromatic heterocycles. The number of hydrogen-bond donors (Lipinski definition) is 2. The van der Waals surface area contributed by atoms with E-state index in [1.807, 2.05) is 58.1 Å². The number of aliphatic hydroxyl groups is 2. The normalized spacial score (nSPS) is 36.3. The van der Waals surface area contributed by atoms with Crippen molar-refractivity contribution in [3.05, 3.63) is 53.9 Å². The number of ether oxygens (including phenoxy) is 5. The van der Waals surface area contributed by atoms with Crippen LogP contribution in [0.15, 0.2) is 53.9 Å². The SMILES string of the molecule is COC1CC2CCC(C)C(O)(O2)C(=O)C(=O)N2CCCCC2C(=O)O[C@H](C(C)CC2CCC(n3cnnn3)C(OC)C2)CC(=O)C(C)=CC(C)C(O)C(OC)C(=O)C(C)CC(C)C=CC=CC=C1C. The van der Waals surface area contributed by atoms with Gasteiger partial charge in [0, 0.05) is 58.5 Å². The molecule has 4 heterocycles. The number of amides is 1. The summed E-state index contributed by atoms with van der Waals surface area (Å²) in [5.74, 6) is -7.89. The predicted octanol–water partition coefficient (Wildman–Crippen LogP) is 6.05. The molecule has 17 nitrogen and oxygen atoms in total. The number of nitrogens with zero attached hydrogens (tertiary/aromatic N) is 5. The average molecular weight is 966 g/mol. The summed E-state index contributed by atoms with van der Waals surface area (Å²) in [6.07, 6.45) is 14.0. The molecule has 69 heavy (non-hydrogen) atoms. The van der Waals surface area contributed by atoms with Crippen molar-refractivity contribution in [1.82, 2.24) is 25.1 Å². The Morgan fingerprint density at radius 3 is 2.33 bits per heavy atom. The standard InChI is InChI=1S/C52H79N5O12/c1-31-16-12-11-13-17-32(2)43(65-8)28-39-21-19-37(7)52(64,69-39)49(61)50(62)56-23-15-14-18-41(56)51(63)68-44(34(4)26-38-20-22-40(45(27-38)66-9)57-30-53-54-55-57)29-42(58)33(3)25-36(6)47(60)48(67-10)46(59)35(5)24-31/h11-13,16-17,25,30-31,34-41,43-45,47-48,60,64H,14-15,18-24,26-29H2,1-10H3/t31?,34?,35?,36?,37?,38?,39?,40?,41?,43?,44-,45?,47?,48?,52?/m0/s1. The molecule has 0 spiro atoms. The van der Waals surface area contributed by atoms with Gasteiger partial charge in [0.2, 0.25) is 5.79 Å². The molecule has 1 aliphatic carbocycles. The van der Waals surface area contributed by atoms with Gasteiger partial charge in [-0.2, -0.15) is 0 Å². The number of rotatable bonds is 7. The first-order valence-corrected chi connectivity index (χ1v) is 25.0. The molecule has 15 atom stereocenters. The van der Waals surface area contributed by atoms with E-state index in [1.165, 1.54) is 12.0 Å². The van der Waals surface area contributed by atoms with Crippen LogP contribution in [0, 0.1) is 35.5 Å². The van der Waals surface area contributed by atoms with Gasteiger partial charge in [-0.05, 0) is 117 Å². The quantitative estimate of drug-likeness (QED) is 0.235. The first kappa shape index (κ1) is 55.7. The summed E-state index contributed by atoms with van der Waals surface area (Å²) in [7, 11) is 4.63. The molecule has 17 heteroatoms. The van der Waals surface area contributed by atoms with Gasteiger partial charge < -0.3 is 38.8 Å². The number of tetrazole rings is 1. The van der Waals surface area contributed by atoms with Gasteiger partial charge in [-0.15, -0.1) is 5.10 Å². The molecule has 0 aromatic carbocycles. The number of esters is 1. The Bertz CT molecular complexity index is 2020. The number of ketones is 3. The fraction of sp³-hybridized carbons (Fsp3) is 0.731. The van der Waals surface area contributed by atoms with Crippen LogP contribution in [-0.4, -0.2) is 141 Å². The van der Waals surface area contributed by atoms with Gasteiger partial charge in [0.1, 0.15) is 24.6 Å². The number of fused-ring (bicyclic) bond motifs is 3. The maximum absolute atomic E-state index is 14.5. The summed E-state index contributed by atoms with van der Waals surface area (Å²) in [5, 5.41) is 35.2. The Morgan fingerprint density at radius 2 is 1.65 bits per heavy atom. The first-order valence-electron chi connectivity index (χ1n) is 25.0. The molecule has 3 fully saturated rings. The number of cyclic esters (lactones) is 1. The van der Waals surface area contributed by atoms with E-state index in [-0.39, 0.29) is 60.9 Å². The van der Waals surface area contributed by atoms with Crippen LogP contribution in [0.3, 0.4) is 0 Å². The molecule has 4 aliphatic rings. The van der Waals surface area contributed by atoms with Crippen LogP contribution in [0.1, 0.15) is 132 Å². The summed E-state index contributed by atoms with van der Waals surface area (Å²) in [5.41, 5.74) is 1.20. The highest BCUT2D eigenvalue weighted by molar-refractivity contribution is 6.39. The lowest BCUT2D eigenvalue weighted by molar-refractivity contribution is -0.265. The third-order valence-electron chi connectivity index (χ3n) is 15.2. The Morgan fingerprint density at radius 1 is 0.899 bits per heavy atom. The van der Waals surface area contributed by atoms with Crippen LogP contribution in [0.5, 0.6) is 0 Å². The molecular weight excluding hydrogens is 887 g/mol. The maximum atomic E-state index is 14.5. The molecule has 1 aromatic rings. The maximum Gasteiger partial charge on any atom is 0.329 e. The largest absolute Gasteiger partial charge is 0.460 e. The van der Waals surface area contributed by atoms with Crippen LogP contribution in [0.25, 0.3) is 0 Å². The van der Waals surface area contributed by atoms with Gasteiger partial charge in [-0.1, -0.05) is 71.1 Å². The smallest absolute Gasteiger partial charge is 0.329 e. The zero-order chi connectivity index (χ0) is 50.6. The summed E-state index contributed by atoms with van der Waals surface area (Å²) in [6.45, 7) is 12.8. The van der Waals surface area contributed by atoms with E-state index in [0.29, 0.717) is 56.9 Å². The molecule has 2 bridgehead atoms. The van der Waals surface area contributed by atoms with Gasteiger partial charge in [-0.25, -0.2) is 9.48 Å². The van der Waals surface area contributed by atoms with E-state index >= 15 is 0 Å². The minimum atomic E-state index is -2.43. The number of methoxy groups -OCH3 is 3. The minimum absolute atomic E-state index is 0.0197. The van der Waals surface area contributed by atoms with Crippen LogP contribution in [0.2, 0.25) is 0 Å². The number of carbonyl (C=O) groups excluding carboxylic acids is 5. The van der Waals surface area contributed by atoms with Crippen LogP contribution >= 0.6 is 0 Å². The fourth-order valence-electron chi connectivity index (χ4n) is 10.8. The van der Waals surface area contributed by atoms with Crippen molar-refractivity contribution in [3.8, 4) is 0 Å². The Kier molecular flexibility index (Phi) is 20.8. The highest BCUT2D eigenvalue weighted by Gasteiger charge is 2.53. The average Bonchev–Trinajstić information content (AvgIpc) is 3.88. The summed E-state index contributed by atoms with van der Waals surface area (Å²) in [4.78, 5) is 72.3. The number of carbonyl (C=O) groups is 5. The van der Waals surface area contributed by atoms with Gasteiger partial charge in [0.05, 0.1) is 30.5 Å². The Balaban J connectivity index is 1.46. The van der Waals surface area contributed by atoms with E-state index in [4.69, 9.17) is 23.7 Å². The van der Waals surface area contributed by atoms with Crippen molar-refractivity contribution < 1.29 is 57.9 Å². The molecule has 1 saturated carbocycles. The fourth-order valence-corrected chi connectivity index (χ4v) is 10.8. The van der Waals surface area contributed by atoms with Gasteiger partial charge in [0.15, 0.2) is 11.6 Å². The topological polar surface area (TPSA) is 219 Å². The second kappa shape index (κ2) is 25.7. The summed E-state index contributed by atoms with van der Waals surface area (Å²) in [6, 6.07) is -1.20. The number of hydrogen-bond acceptors (Lipinski definition) is 15. The van der Waals surface area contributed by atoms with E-state index in [1.54, 1.807) is 52.1 Å². The van der Waals surface area contributed by atoms with Gasteiger partial charge in [0.25, 0.3) is 11.7 Å². The molecule has 0 radical (unpaired) electrons. The number of piperidine rings is 1. The summed E-state index contributed by atoms with van der Waals surface area (Å²) < 4.78 is 31.6. The highest BCUT2D eigenvalue weighted by atomic mass is 16.6. The van der Waals surface area contributed by atoms with Crippen molar-refractivity contribution in [2.75, 3.05) is 27.9 Å². The molecule has 5 rings (SSSR count). The van der Waals surface area contributed by atoms with E-state index < -0.39 is 77.8 Å². The van der Waals surface area contributed by atoms with E-state index in [9.17, 15) is 34.2 Å². The number of allylic oxidation sites excluding steroid dienone is 6. The second-order valence-electron chi connectivity index (χ2n) is 20.4. The zero-order valence-electron chi connectivity index (χ0n) is 42.5. The number of aromatic nitrogens is 4. The van der Waals surface area contributed by atoms with Crippen molar-refractivity contribution in [1.29, 1.82) is 0 Å². The predicted molar refractivity (Wildman–Crippen MR) is 256 cm³/mol. The molecule has 1 amide bonds. The van der Waals surface area contributed by atoms with Crippen molar-refractivity contribution in [3.63, 3.8) is 0 Å². The third kappa shape index (κ3) is 14.2. The molecule has 384 valence electrons. The molecule has 2 saturated heterocycles. The van der Waals surface area contributed by atoms with Crippen LogP contribution < -0.4 is 0 Å². The van der Waals surface area contributed by atoms with Gasteiger partial charge >= 0.3 is 5.97 Å². The lowest BCUT2D eigenvalue weighted by Crippen LogP contribution is -2.61. The monoisotopic (exact) mass is 966 g/mol. The van der Waals surface area contributed by atoms with Crippen molar-refractivity contribution in [2.24, 2.45) is 35.5 Å². The van der Waals surface area contributed by atoms with E-state index in [0.717, 1.165) is 18.4 Å². The zero-order valence-corrected chi connectivity index (χ0v) is 42.5. The molecule has 3 aliphatic heterocycles. The summed E-state index contributed by atoms with van der Waals surface area (Å²) >= 11 is 0. The molecule has 2 N–H and O–H groups in total. The number of Topliss-reactive ketones (excluding diaryl/α,β-unsaturated/α-hetero) is 3. The van der Waals surface area contributed by atoms with Gasteiger partial charge in [-0.3, -0.25) is 19.2 Å². The lowest BCUT2D eigenvalue weighted by atomic mass is 9.77. The Hall–Kier alpha value is -4.26. The van der Waals surface area contributed by atoms with E-state index in [2.05, 4.69) is 15.5 Å². The highest BCUT2D eigenvalue weighted by Crippen LogP contribution is 2.39. The van der Waals surface area contributed by atoms with Crippen molar-refractivity contribution >= 4 is 29.2 Å². The third-order valence-corrected chi connectivity index (χ3v) is 15.2.